The second kappa shape index (κ2) is 5.98. The number of anilines is 1. The SMILES string of the molecule is C[CH]Nc1nc(Cc2ccsc2)cc2[nH]c3cc(Br)ccc3c12. The van der Waals surface area contributed by atoms with E-state index in [9.17, 15) is 0 Å². The average molecular weight is 385 g/mol. The van der Waals surface area contributed by atoms with Crippen molar-refractivity contribution in [3.8, 4) is 0 Å². The van der Waals surface area contributed by atoms with Gasteiger partial charge in [-0.3, -0.25) is 0 Å². The lowest BCUT2D eigenvalue weighted by molar-refractivity contribution is 1.09. The third-order valence-corrected chi connectivity index (χ3v) is 5.06. The minimum atomic E-state index is 0.844. The van der Waals surface area contributed by atoms with Crippen LogP contribution in [0, 0.1) is 6.54 Å². The lowest BCUT2D eigenvalue weighted by atomic mass is 10.1. The first-order chi connectivity index (χ1) is 11.2. The third-order valence-electron chi connectivity index (χ3n) is 3.84. The van der Waals surface area contributed by atoms with E-state index in [1.54, 1.807) is 11.3 Å². The van der Waals surface area contributed by atoms with Gasteiger partial charge in [0.15, 0.2) is 0 Å². The van der Waals surface area contributed by atoms with Crippen molar-refractivity contribution in [2.24, 2.45) is 0 Å². The summed E-state index contributed by atoms with van der Waals surface area (Å²) in [5, 5.41) is 9.90. The molecule has 0 aliphatic rings. The molecule has 4 aromatic rings. The Balaban J connectivity index is 1.92. The van der Waals surface area contributed by atoms with Gasteiger partial charge >= 0.3 is 0 Å². The monoisotopic (exact) mass is 384 g/mol. The summed E-state index contributed by atoms with van der Waals surface area (Å²) in [4.78, 5) is 8.36. The van der Waals surface area contributed by atoms with E-state index in [2.05, 4.69) is 67.3 Å². The van der Waals surface area contributed by atoms with Crippen LogP contribution in [0.5, 0.6) is 0 Å². The van der Waals surface area contributed by atoms with E-state index in [1.807, 2.05) is 13.5 Å². The van der Waals surface area contributed by atoms with Crippen LogP contribution in [0.2, 0.25) is 0 Å². The molecule has 0 saturated carbocycles. The molecular weight excluding hydrogens is 370 g/mol. The topological polar surface area (TPSA) is 40.7 Å². The van der Waals surface area contributed by atoms with E-state index in [-0.39, 0.29) is 0 Å². The highest BCUT2D eigenvalue weighted by Gasteiger charge is 2.12. The van der Waals surface area contributed by atoms with E-state index in [1.165, 1.54) is 10.9 Å². The molecular formula is C18H15BrN3S. The molecule has 0 aliphatic carbocycles. The quantitative estimate of drug-likeness (QED) is 0.471. The molecule has 0 spiro atoms. The second-order valence-corrected chi connectivity index (χ2v) is 7.14. The Labute approximate surface area is 146 Å². The number of aromatic amines is 1. The lowest BCUT2D eigenvalue weighted by Gasteiger charge is -2.08. The maximum Gasteiger partial charge on any atom is 0.136 e. The minimum absolute atomic E-state index is 0.844. The molecule has 4 rings (SSSR count). The first-order valence-electron chi connectivity index (χ1n) is 7.41. The first kappa shape index (κ1) is 14.7. The van der Waals surface area contributed by atoms with Crippen LogP contribution in [0.1, 0.15) is 18.2 Å². The van der Waals surface area contributed by atoms with E-state index in [0.717, 1.165) is 38.8 Å². The molecule has 3 nitrogen and oxygen atoms in total. The molecule has 1 radical (unpaired) electrons. The number of hydrogen-bond acceptors (Lipinski definition) is 3. The van der Waals surface area contributed by atoms with Crippen LogP contribution in [0.3, 0.4) is 0 Å². The summed E-state index contributed by atoms with van der Waals surface area (Å²) in [7, 11) is 0. The van der Waals surface area contributed by atoms with Crippen molar-refractivity contribution in [1.29, 1.82) is 0 Å². The number of thiophene rings is 1. The number of fused-ring (bicyclic) bond motifs is 3. The highest BCUT2D eigenvalue weighted by Crippen LogP contribution is 2.33. The van der Waals surface area contributed by atoms with Crippen LogP contribution in [-0.4, -0.2) is 9.97 Å². The van der Waals surface area contributed by atoms with Gasteiger partial charge in [-0.25, -0.2) is 4.98 Å². The second-order valence-electron chi connectivity index (χ2n) is 5.44. The van der Waals surface area contributed by atoms with Gasteiger partial charge in [0.05, 0.1) is 5.52 Å². The number of H-pyrrole nitrogens is 1. The van der Waals surface area contributed by atoms with Gasteiger partial charge in [0, 0.05) is 39.4 Å². The highest BCUT2D eigenvalue weighted by molar-refractivity contribution is 9.10. The molecule has 0 amide bonds. The summed E-state index contributed by atoms with van der Waals surface area (Å²) in [5.41, 5.74) is 4.59. The fourth-order valence-electron chi connectivity index (χ4n) is 2.89. The van der Waals surface area contributed by atoms with Crippen molar-refractivity contribution in [3.63, 3.8) is 0 Å². The molecule has 5 heteroatoms. The number of benzene rings is 1. The Morgan fingerprint density at radius 1 is 1.26 bits per heavy atom. The molecule has 0 saturated heterocycles. The van der Waals surface area contributed by atoms with Crippen molar-refractivity contribution in [2.45, 2.75) is 13.3 Å². The maximum absolute atomic E-state index is 4.84. The highest BCUT2D eigenvalue weighted by atomic mass is 79.9. The van der Waals surface area contributed by atoms with Crippen LogP contribution >= 0.6 is 27.3 Å². The van der Waals surface area contributed by atoms with Crippen molar-refractivity contribution in [2.75, 3.05) is 5.32 Å². The molecule has 0 unspecified atom stereocenters. The van der Waals surface area contributed by atoms with Gasteiger partial charge in [-0.2, -0.15) is 11.3 Å². The molecule has 0 atom stereocenters. The number of pyridine rings is 1. The molecule has 115 valence electrons. The van der Waals surface area contributed by atoms with Gasteiger partial charge in [0.1, 0.15) is 5.82 Å². The van der Waals surface area contributed by atoms with Crippen molar-refractivity contribution < 1.29 is 0 Å². The summed E-state index contributed by atoms with van der Waals surface area (Å²) in [6.45, 7) is 3.90. The van der Waals surface area contributed by atoms with Crippen LogP contribution in [-0.2, 0) is 6.42 Å². The number of rotatable bonds is 4. The van der Waals surface area contributed by atoms with Crippen molar-refractivity contribution in [3.05, 3.63) is 63.4 Å². The first-order valence-corrected chi connectivity index (χ1v) is 9.14. The molecule has 0 fully saturated rings. The fraction of sp³-hybridized carbons (Fsp3) is 0.111. The largest absolute Gasteiger partial charge is 0.365 e. The summed E-state index contributed by atoms with van der Waals surface area (Å²) in [6, 6.07) is 10.6. The minimum Gasteiger partial charge on any atom is -0.365 e. The zero-order chi connectivity index (χ0) is 15.8. The molecule has 2 N–H and O–H groups in total. The molecule has 23 heavy (non-hydrogen) atoms. The molecule has 1 aromatic carbocycles. The van der Waals surface area contributed by atoms with Crippen LogP contribution in [0.15, 0.2) is 45.6 Å². The number of aromatic nitrogens is 2. The van der Waals surface area contributed by atoms with Gasteiger partial charge in [-0.1, -0.05) is 22.0 Å². The Hall–Kier alpha value is -1.85. The zero-order valence-electron chi connectivity index (χ0n) is 12.6. The average Bonchev–Trinajstić information content (AvgIpc) is 3.14. The Bertz CT molecular complexity index is 973. The van der Waals surface area contributed by atoms with Crippen molar-refractivity contribution in [1.82, 2.24) is 9.97 Å². The smallest absolute Gasteiger partial charge is 0.136 e. The summed E-state index contributed by atoms with van der Waals surface area (Å²) < 4.78 is 1.07. The van der Waals surface area contributed by atoms with E-state index >= 15 is 0 Å². The third kappa shape index (κ3) is 2.75. The van der Waals surface area contributed by atoms with E-state index in [0.29, 0.717) is 0 Å². The van der Waals surface area contributed by atoms with Gasteiger partial charge < -0.3 is 10.3 Å². The fourth-order valence-corrected chi connectivity index (χ4v) is 3.92. The van der Waals surface area contributed by atoms with Crippen molar-refractivity contribution >= 4 is 54.9 Å². The summed E-state index contributed by atoms with van der Waals surface area (Å²) in [5.74, 6) is 0.906. The zero-order valence-corrected chi connectivity index (χ0v) is 15.0. The van der Waals surface area contributed by atoms with Gasteiger partial charge in [0.2, 0.25) is 0 Å². The maximum atomic E-state index is 4.84. The Kier molecular flexibility index (Phi) is 3.83. The van der Waals surface area contributed by atoms with Crippen LogP contribution in [0.25, 0.3) is 21.8 Å². The number of halogens is 1. The predicted molar refractivity (Wildman–Crippen MR) is 102 cm³/mol. The van der Waals surface area contributed by atoms with Crippen LogP contribution in [0.4, 0.5) is 5.82 Å². The molecule has 0 aliphatic heterocycles. The van der Waals surface area contributed by atoms with E-state index < -0.39 is 0 Å². The molecule has 0 bridgehead atoms. The number of hydrogen-bond donors (Lipinski definition) is 2. The molecule has 3 heterocycles. The summed E-state index contributed by atoms with van der Waals surface area (Å²) >= 11 is 5.26. The molecule has 3 aromatic heterocycles. The Morgan fingerprint density at radius 3 is 2.96 bits per heavy atom. The number of nitrogens with zero attached hydrogens (tertiary/aromatic N) is 1. The van der Waals surface area contributed by atoms with Gasteiger partial charge in [-0.15, -0.1) is 0 Å². The predicted octanol–water partition coefficient (Wildman–Crippen LogP) is 5.72. The van der Waals surface area contributed by atoms with Gasteiger partial charge in [-0.05, 0) is 47.5 Å². The number of nitrogens with one attached hydrogen (secondary N) is 2. The Morgan fingerprint density at radius 2 is 2.17 bits per heavy atom. The standard InChI is InChI=1S/C18H15BrN3S/c1-2-20-18-17-14-4-3-12(19)8-15(14)22-16(17)9-13(21-18)7-11-5-6-23-10-11/h2-6,8-10,22H,7H2,1H3,(H,20,21). The summed E-state index contributed by atoms with van der Waals surface area (Å²) in [6.07, 6.45) is 0.844. The van der Waals surface area contributed by atoms with Gasteiger partial charge in [0.25, 0.3) is 0 Å². The normalized spacial score (nSPS) is 11.4. The lowest BCUT2D eigenvalue weighted by Crippen LogP contribution is -1.99. The van der Waals surface area contributed by atoms with E-state index in [4.69, 9.17) is 4.98 Å². The van der Waals surface area contributed by atoms with Crippen LogP contribution < -0.4 is 5.32 Å².